The second kappa shape index (κ2) is 10.2. The van der Waals surface area contributed by atoms with E-state index in [2.05, 4.69) is 10.6 Å². The van der Waals surface area contributed by atoms with Crippen LogP contribution in [0.15, 0.2) is 18.2 Å². The molecule has 0 atom stereocenters. The number of ether oxygens (including phenoxy) is 2. The maximum atomic E-state index is 13.3. The highest BCUT2D eigenvalue weighted by Crippen LogP contribution is 2.17. The summed E-state index contributed by atoms with van der Waals surface area (Å²) in [5.74, 6) is -2.09. The van der Waals surface area contributed by atoms with Crippen LogP contribution in [0.3, 0.4) is 0 Å². The summed E-state index contributed by atoms with van der Waals surface area (Å²) in [6, 6.07) is 3.41. The number of methoxy groups -OCH3 is 1. The highest BCUT2D eigenvalue weighted by molar-refractivity contribution is 5.92. The number of anilines is 1. The lowest BCUT2D eigenvalue weighted by atomic mass is 10.3. The van der Waals surface area contributed by atoms with Gasteiger partial charge in [0.05, 0.1) is 19.8 Å². The van der Waals surface area contributed by atoms with Crippen LogP contribution in [0.4, 0.5) is 14.5 Å². The number of rotatable bonds is 10. The molecule has 0 fully saturated rings. The predicted octanol–water partition coefficient (Wildman–Crippen LogP) is 1.55. The van der Waals surface area contributed by atoms with Crippen LogP contribution in [0.2, 0.25) is 0 Å². The number of para-hydroxylation sites is 1. The monoisotopic (exact) mass is 302 g/mol. The molecule has 0 saturated carbocycles. The Morgan fingerprint density at radius 1 is 1.19 bits per heavy atom. The van der Waals surface area contributed by atoms with Crippen molar-refractivity contribution in [2.45, 2.75) is 6.42 Å². The van der Waals surface area contributed by atoms with Gasteiger partial charge in [0, 0.05) is 13.7 Å². The SMILES string of the molecule is COCCOCCCNCC(=O)Nc1c(F)cccc1F. The molecule has 0 aliphatic carbocycles. The average molecular weight is 302 g/mol. The van der Waals surface area contributed by atoms with Gasteiger partial charge in [-0.1, -0.05) is 6.07 Å². The third-order valence-electron chi connectivity index (χ3n) is 2.59. The molecule has 1 amide bonds. The van der Waals surface area contributed by atoms with Gasteiger partial charge in [0.25, 0.3) is 0 Å². The zero-order valence-corrected chi connectivity index (χ0v) is 12.0. The molecule has 0 bridgehead atoms. The van der Waals surface area contributed by atoms with E-state index in [4.69, 9.17) is 9.47 Å². The molecule has 0 unspecified atom stereocenters. The molecular formula is C14H20F2N2O3. The van der Waals surface area contributed by atoms with Crippen molar-refractivity contribution in [1.29, 1.82) is 0 Å². The Hall–Kier alpha value is -1.57. The minimum Gasteiger partial charge on any atom is -0.382 e. The van der Waals surface area contributed by atoms with Crippen LogP contribution in [0.25, 0.3) is 0 Å². The molecule has 0 saturated heterocycles. The minimum atomic E-state index is -0.796. The first-order valence-electron chi connectivity index (χ1n) is 6.66. The topological polar surface area (TPSA) is 59.6 Å². The van der Waals surface area contributed by atoms with Gasteiger partial charge in [0.15, 0.2) is 0 Å². The summed E-state index contributed by atoms with van der Waals surface area (Å²) in [6.07, 6.45) is 0.727. The Labute approximate surface area is 122 Å². The molecule has 118 valence electrons. The number of carbonyl (C=O) groups excluding carboxylic acids is 1. The summed E-state index contributed by atoms with van der Waals surface area (Å²) < 4.78 is 36.7. The van der Waals surface area contributed by atoms with E-state index in [1.54, 1.807) is 7.11 Å². The lowest BCUT2D eigenvalue weighted by Gasteiger charge is -2.08. The Bertz CT molecular complexity index is 424. The van der Waals surface area contributed by atoms with Gasteiger partial charge in [-0.3, -0.25) is 4.79 Å². The molecule has 1 aromatic rings. The van der Waals surface area contributed by atoms with Gasteiger partial charge in [-0.25, -0.2) is 8.78 Å². The smallest absolute Gasteiger partial charge is 0.238 e. The molecule has 0 spiro atoms. The summed E-state index contributed by atoms with van der Waals surface area (Å²) in [6.45, 7) is 2.18. The van der Waals surface area contributed by atoms with Crippen LogP contribution >= 0.6 is 0 Å². The second-order valence-corrected chi connectivity index (χ2v) is 4.28. The number of hydrogen-bond donors (Lipinski definition) is 2. The van der Waals surface area contributed by atoms with Crippen LogP contribution in [-0.2, 0) is 14.3 Å². The number of hydrogen-bond acceptors (Lipinski definition) is 4. The van der Waals surface area contributed by atoms with E-state index in [1.165, 1.54) is 6.07 Å². The van der Waals surface area contributed by atoms with Crippen molar-refractivity contribution in [2.75, 3.05) is 45.3 Å². The molecule has 2 N–H and O–H groups in total. The predicted molar refractivity (Wildman–Crippen MR) is 75.2 cm³/mol. The molecular weight excluding hydrogens is 282 g/mol. The van der Waals surface area contributed by atoms with Gasteiger partial charge in [-0.2, -0.15) is 0 Å². The number of benzene rings is 1. The lowest BCUT2D eigenvalue weighted by Crippen LogP contribution is -2.29. The number of carbonyl (C=O) groups is 1. The Balaban J connectivity index is 2.14. The van der Waals surface area contributed by atoms with Gasteiger partial charge < -0.3 is 20.1 Å². The minimum absolute atomic E-state index is 0.0220. The molecule has 0 heterocycles. The molecule has 21 heavy (non-hydrogen) atoms. The molecule has 1 aromatic carbocycles. The van der Waals surface area contributed by atoms with Crippen molar-refractivity contribution >= 4 is 11.6 Å². The third kappa shape index (κ3) is 7.12. The van der Waals surface area contributed by atoms with E-state index in [9.17, 15) is 13.6 Å². The molecule has 0 radical (unpaired) electrons. The van der Waals surface area contributed by atoms with Gasteiger partial charge in [0.1, 0.15) is 17.3 Å². The van der Waals surface area contributed by atoms with Crippen LogP contribution in [-0.4, -0.2) is 45.9 Å². The largest absolute Gasteiger partial charge is 0.382 e. The molecule has 0 aromatic heterocycles. The van der Waals surface area contributed by atoms with Crippen LogP contribution in [0, 0.1) is 11.6 Å². The first-order chi connectivity index (χ1) is 10.1. The first-order valence-corrected chi connectivity index (χ1v) is 6.66. The van der Waals surface area contributed by atoms with Crippen molar-refractivity contribution in [3.8, 4) is 0 Å². The molecule has 7 heteroatoms. The Kier molecular flexibility index (Phi) is 8.49. The number of nitrogens with one attached hydrogen (secondary N) is 2. The molecule has 0 aliphatic rings. The fourth-order valence-electron chi connectivity index (χ4n) is 1.55. The lowest BCUT2D eigenvalue weighted by molar-refractivity contribution is -0.115. The van der Waals surface area contributed by atoms with Crippen molar-refractivity contribution < 1.29 is 23.0 Å². The highest BCUT2D eigenvalue weighted by atomic mass is 19.1. The molecule has 1 rings (SSSR count). The first kappa shape index (κ1) is 17.5. The normalized spacial score (nSPS) is 10.6. The zero-order chi connectivity index (χ0) is 15.5. The maximum Gasteiger partial charge on any atom is 0.238 e. The summed E-state index contributed by atoms with van der Waals surface area (Å²) in [4.78, 5) is 11.5. The van der Waals surface area contributed by atoms with Gasteiger partial charge in [0.2, 0.25) is 5.91 Å². The van der Waals surface area contributed by atoms with Crippen molar-refractivity contribution in [3.63, 3.8) is 0 Å². The fraction of sp³-hybridized carbons (Fsp3) is 0.500. The van der Waals surface area contributed by atoms with E-state index >= 15 is 0 Å². The van der Waals surface area contributed by atoms with Gasteiger partial charge in [-0.15, -0.1) is 0 Å². The third-order valence-corrected chi connectivity index (χ3v) is 2.59. The van der Waals surface area contributed by atoms with Crippen molar-refractivity contribution in [3.05, 3.63) is 29.8 Å². The summed E-state index contributed by atoms with van der Waals surface area (Å²) in [7, 11) is 1.60. The van der Waals surface area contributed by atoms with E-state index in [1.807, 2.05) is 0 Å². The molecule has 0 aliphatic heterocycles. The van der Waals surface area contributed by atoms with Crippen molar-refractivity contribution in [1.82, 2.24) is 5.32 Å². The Morgan fingerprint density at radius 3 is 2.57 bits per heavy atom. The molecule has 5 nitrogen and oxygen atoms in total. The summed E-state index contributed by atoms with van der Waals surface area (Å²) in [5, 5.41) is 5.07. The fourth-order valence-corrected chi connectivity index (χ4v) is 1.55. The number of halogens is 2. The Morgan fingerprint density at radius 2 is 1.90 bits per heavy atom. The van der Waals surface area contributed by atoms with E-state index in [-0.39, 0.29) is 6.54 Å². The van der Waals surface area contributed by atoms with Crippen LogP contribution in [0.5, 0.6) is 0 Å². The van der Waals surface area contributed by atoms with E-state index in [0.717, 1.165) is 18.6 Å². The summed E-state index contributed by atoms with van der Waals surface area (Å²) >= 11 is 0. The van der Waals surface area contributed by atoms with Gasteiger partial charge >= 0.3 is 0 Å². The highest BCUT2D eigenvalue weighted by Gasteiger charge is 2.11. The van der Waals surface area contributed by atoms with Crippen molar-refractivity contribution in [2.24, 2.45) is 0 Å². The quantitative estimate of drug-likeness (QED) is 0.644. The summed E-state index contributed by atoms with van der Waals surface area (Å²) in [5.41, 5.74) is -0.424. The van der Waals surface area contributed by atoms with Crippen LogP contribution < -0.4 is 10.6 Å². The van der Waals surface area contributed by atoms with E-state index < -0.39 is 23.2 Å². The average Bonchev–Trinajstić information content (AvgIpc) is 2.46. The van der Waals surface area contributed by atoms with E-state index in [0.29, 0.717) is 26.4 Å². The maximum absolute atomic E-state index is 13.3. The zero-order valence-electron chi connectivity index (χ0n) is 12.0. The van der Waals surface area contributed by atoms with Gasteiger partial charge in [-0.05, 0) is 25.1 Å². The number of amides is 1. The standard InChI is InChI=1S/C14H20F2N2O3/c1-20-8-9-21-7-3-6-17-10-13(19)18-14-11(15)4-2-5-12(14)16/h2,4-5,17H,3,6-10H2,1H3,(H,18,19). The second-order valence-electron chi connectivity index (χ2n) is 4.28. The van der Waals surface area contributed by atoms with Crippen LogP contribution in [0.1, 0.15) is 6.42 Å².